The maximum absolute atomic E-state index is 11.9. The Kier molecular flexibility index (Phi) is 5.03. The highest BCUT2D eigenvalue weighted by Crippen LogP contribution is 2.11. The smallest absolute Gasteiger partial charge is 0.475 e. The minimum absolute atomic E-state index is 0. The molecular weight excluding hydrogens is 366 g/mol. The van der Waals surface area contributed by atoms with Gasteiger partial charge in [-0.25, -0.2) is 0 Å². The van der Waals surface area contributed by atoms with Crippen LogP contribution in [0.2, 0.25) is 0 Å². The summed E-state index contributed by atoms with van der Waals surface area (Å²) in [5.74, 6) is 0.369. The van der Waals surface area contributed by atoms with Crippen LogP contribution in [0.25, 0.3) is 0 Å². The number of halogens is 2. The van der Waals surface area contributed by atoms with Crippen LogP contribution in [0.1, 0.15) is 16.2 Å². The van der Waals surface area contributed by atoms with Crippen LogP contribution in [0, 0.1) is 6.92 Å². The van der Waals surface area contributed by atoms with Gasteiger partial charge in [0.05, 0.1) is 0 Å². The summed E-state index contributed by atoms with van der Waals surface area (Å²) in [6.07, 6.45) is 0. The lowest BCUT2D eigenvalue weighted by atomic mass is 10.1. The first kappa shape index (κ1) is 14.8. The Bertz CT molecular complexity index is 552. The molecule has 0 saturated carbocycles. The Labute approximate surface area is 123 Å². The number of anilines is 1. The van der Waals surface area contributed by atoms with Crippen LogP contribution in [-0.4, -0.2) is 10.9 Å². The lowest BCUT2D eigenvalue weighted by Crippen LogP contribution is -3.00. The summed E-state index contributed by atoms with van der Waals surface area (Å²) in [7, 11) is 0. The molecule has 1 aromatic carbocycles. The second-order valence-electron chi connectivity index (χ2n) is 3.55. The minimum Gasteiger partial charge on any atom is -1.00 e. The fourth-order valence-corrected chi connectivity index (χ4v) is 1.68. The molecule has 0 aliphatic heterocycles. The number of benzene rings is 1. The number of nitrogen functional groups attached to an aromatic ring is 1. The van der Waals surface area contributed by atoms with Crippen LogP contribution in [0.5, 0.6) is 0 Å². The zero-order valence-electron chi connectivity index (χ0n) is 9.56. The van der Waals surface area contributed by atoms with Gasteiger partial charge in [0.15, 0.2) is 6.54 Å². The fourth-order valence-electron chi connectivity index (χ4n) is 1.42. The monoisotopic (exact) mass is 375 g/mol. The third kappa shape index (κ3) is 3.39. The molecule has 0 saturated heterocycles. The molecule has 7 heteroatoms. The Balaban J connectivity index is 0.00000162. The van der Waals surface area contributed by atoms with Gasteiger partial charge in [0.2, 0.25) is 11.7 Å². The summed E-state index contributed by atoms with van der Waals surface area (Å²) in [6.45, 7) is 1.75. The summed E-state index contributed by atoms with van der Waals surface area (Å²) in [4.78, 5) is 11.9. The van der Waals surface area contributed by atoms with Gasteiger partial charge in [0.1, 0.15) is 0 Å². The first-order chi connectivity index (χ1) is 8.06. The molecule has 96 valence electrons. The van der Waals surface area contributed by atoms with E-state index in [9.17, 15) is 4.79 Å². The van der Waals surface area contributed by atoms with Gasteiger partial charge in [-0.1, -0.05) is 32.7 Å². The standard InChI is InChI=1S/C11H10BrN3O2.BrH/c1-7-14-15(11(13)17-7)6-10(16)8-2-4-9(12)5-3-8;/h2-5,13H,6H2,1H3;1H. The number of aromatic nitrogens is 2. The molecule has 0 aliphatic carbocycles. The first-order valence-electron chi connectivity index (χ1n) is 4.98. The number of ketones is 1. The molecule has 0 fully saturated rings. The summed E-state index contributed by atoms with van der Waals surface area (Å²) < 4.78 is 7.32. The second kappa shape index (κ2) is 6.10. The number of aryl methyl sites for hydroxylation is 1. The van der Waals surface area contributed by atoms with Crippen molar-refractivity contribution in [3.63, 3.8) is 0 Å². The number of nitrogens with zero attached hydrogens (tertiary/aromatic N) is 2. The van der Waals surface area contributed by atoms with Gasteiger partial charge in [-0.2, -0.15) is 0 Å². The molecule has 1 aromatic heterocycles. The zero-order valence-corrected chi connectivity index (χ0v) is 12.7. The third-order valence-electron chi connectivity index (χ3n) is 2.23. The molecule has 0 aliphatic rings. The van der Waals surface area contributed by atoms with Crippen molar-refractivity contribution in [2.24, 2.45) is 0 Å². The SMILES string of the molecule is Cc1n[n+](CC(=O)c2ccc(Br)cc2)c(N)o1.[Br-]. The summed E-state index contributed by atoms with van der Waals surface area (Å²) >= 11 is 3.31. The van der Waals surface area contributed by atoms with Crippen molar-refractivity contribution in [1.82, 2.24) is 5.10 Å². The predicted molar refractivity (Wildman–Crippen MR) is 64.3 cm³/mol. The quantitative estimate of drug-likeness (QED) is 0.523. The Hall–Kier alpha value is -1.21. The Morgan fingerprint density at radius 1 is 1.44 bits per heavy atom. The molecule has 0 spiro atoms. The number of nitrogens with two attached hydrogens (primary N) is 1. The van der Waals surface area contributed by atoms with E-state index in [1.54, 1.807) is 19.1 Å². The molecule has 0 atom stereocenters. The normalized spacial score (nSPS) is 9.89. The van der Waals surface area contributed by atoms with Gasteiger partial charge in [0.25, 0.3) is 0 Å². The third-order valence-corrected chi connectivity index (χ3v) is 2.76. The fraction of sp³-hybridized carbons (Fsp3) is 0.182. The highest BCUT2D eigenvalue weighted by molar-refractivity contribution is 9.10. The van der Waals surface area contributed by atoms with Crippen LogP contribution in [0.4, 0.5) is 6.01 Å². The van der Waals surface area contributed by atoms with Gasteiger partial charge in [-0.3, -0.25) is 10.5 Å². The second-order valence-corrected chi connectivity index (χ2v) is 4.46. The van der Waals surface area contributed by atoms with Crippen molar-refractivity contribution in [2.75, 3.05) is 5.73 Å². The average molecular weight is 377 g/mol. The highest BCUT2D eigenvalue weighted by atomic mass is 79.9. The van der Waals surface area contributed by atoms with Gasteiger partial charge in [0, 0.05) is 17.0 Å². The molecule has 2 aromatic rings. The van der Waals surface area contributed by atoms with Crippen LogP contribution in [0.15, 0.2) is 33.2 Å². The lowest BCUT2D eigenvalue weighted by Gasteiger charge is -1.97. The van der Waals surface area contributed by atoms with Crippen LogP contribution in [-0.2, 0) is 6.54 Å². The highest BCUT2D eigenvalue weighted by Gasteiger charge is 2.18. The van der Waals surface area contributed by atoms with E-state index in [-0.39, 0.29) is 35.3 Å². The van der Waals surface area contributed by atoms with Crippen LogP contribution < -0.4 is 27.4 Å². The molecule has 18 heavy (non-hydrogen) atoms. The molecule has 0 radical (unpaired) electrons. The van der Waals surface area contributed by atoms with E-state index in [2.05, 4.69) is 21.0 Å². The van der Waals surface area contributed by atoms with Crippen molar-refractivity contribution >= 4 is 27.7 Å². The number of carbonyl (C=O) groups is 1. The molecule has 0 bridgehead atoms. The number of hydrogen-bond acceptors (Lipinski definition) is 4. The van der Waals surface area contributed by atoms with Gasteiger partial charge < -0.3 is 21.4 Å². The maximum atomic E-state index is 11.9. The van der Waals surface area contributed by atoms with Crippen molar-refractivity contribution in [3.8, 4) is 0 Å². The summed E-state index contributed by atoms with van der Waals surface area (Å²) in [5, 5.41) is 3.99. The number of carbonyl (C=O) groups excluding carboxylic acids is 1. The van der Waals surface area contributed by atoms with Gasteiger partial charge >= 0.3 is 6.01 Å². The van der Waals surface area contributed by atoms with E-state index in [4.69, 9.17) is 10.2 Å². The largest absolute Gasteiger partial charge is 1.00 e. The first-order valence-corrected chi connectivity index (χ1v) is 5.77. The van der Waals surface area contributed by atoms with Crippen molar-refractivity contribution in [2.45, 2.75) is 13.5 Å². The van der Waals surface area contributed by atoms with Crippen molar-refractivity contribution in [3.05, 3.63) is 40.2 Å². The molecule has 5 nitrogen and oxygen atoms in total. The number of rotatable bonds is 3. The van der Waals surface area contributed by atoms with E-state index in [1.165, 1.54) is 4.68 Å². The Morgan fingerprint density at radius 2 is 2.06 bits per heavy atom. The van der Waals surface area contributed by atoms with E-state index in [0.717, 1.165) is 4.47 Å². The summed E-state index contributed by atoms with van der Waals surface area (Å²) in [6, 6.07) is 7.25. The van der Waals surface area contributed by atoms with Crippen molar-refractivity contribution < 1.29 is 30.9 Å². The molecule has 1 heterocycles. The van der Waals surface area contributed by atoms with Gasteiger partial charge in [-0.05, 0) is 17.2 Å². The average Bonchev–Trinajstić information content (AvgIpc) is 2.58. The van der Waals surface area contributed by atoms with E-state index >= 15 is 0 Å². The van der Waals surface area contributed by atoms with Crippen LogP contribution in [0.3, 0.4) is 0 Å². The molecule has 2 N–H and O–H groups in total. The lowest BCUT2D eigenvalue weighted by molar-refractivity contribution is -0.727. The molecule has 2 rings (SSSR count). The van der Waals surface area contributed by atoms with Crippen molar-refractivity contribution in [1.29, 1.82) is 0 Å². The maximum Gasteiger partial charge on any atom is 0.475 e. The molecular formula is C11H11Br2N3O2. The van der Waals surface area contributed by atoms with Gasteiger partial charge in [-0.15, -0.1) is 0 Å². The van der Waals surface area contributed by atoms with E-state index in [1.807, 2.05) is 12.1 Å². The molecule has 0 amide bonds. The number of Topliss-reactive ketones (excluding diaryl/α,β-unsaturated/α-hetero) is 1. The number of hydrogen-bond donors (Lipinski definition) is 1. The predicted octanol–water partition coefficient (Wildman–Crippen LogP) is -1.50. The van der Waals surface area contributed by atoms with E-state index < -0.39 is 0 Å². The minimum atomic E-state index is -0.0671. The van der Waals surface area contributed by atoms with E-state index in [0.29, 0.717) is 11.5 Å². The molecule has 0 unspecified atom stereocenters. The topological polar surface area (TPSA) is 73.0 Å². The zero-order chi connectivity index (χ0) is 12.4. The van der Waals surface area contributed by atoms with Crippen LogP contribution >= 0.6 is 15.9 Å². The summed E-state index contributed by atoms with van der Waals surface area (Å²) in [5.41, 5.74) is 6.18. The Morgan fingerprint density at radius 3 is 2.56 bits per heavy atom.